The van der Waals surface area contributed by atoms with Gasteiger partial charge < -0.3 is 14.4 Å². The van der Waals surface area contributed by atoms with Gasteiger partial charge in [-0.3, -0.25) is 4.79 Å². The first-order valence-electron chi connectivity index (χ1n) is 12.0. The zero-order chi connectivity index (χ0) is 26.4. The number of ether oxygens (including phenoxy) is 2. The van der Waals surface area contributed by atoms with Crippen LogP contribution in [0.15, 0.2) is 65.8 Å². The molecule has 1 N–H and O–H groups in total. The number of amides is 1. The number of carbonyl (C=O) groups excluding carboxylic acids is 1. The Labute approximate surface area is 216 Å². The van der Waals surface area contributed by atoms with E-state index < -0.39 is 27.6 Å². The minimum Gasteiger partial charge on any atom is -0.486 e. The lowest BCUT2D eigenvalue weighted by atomic mass is 10.0. The van der Waals surface area contributed by atoms with Crippen LogP contribution in [0.4, 0.5) is 14.5 Å². The average Bonchev–Trinajstić information content (AvgIpc) is 3.56. The summed E-state index contributed by atoms with van der Waals surface area (Å²) in [4.78, 5) is 14.9. The molecule has 2 aliphatic heterocycles. The van der Waals surface area contributed by atoms with E-state index in [2.05, 4.69) is 9.82 Å². The van der Waals surface area contributed by atoms with Crippen molar-refractivity contribution in [1.29, 1.82) is 0 Å². The topological polar surface area (TPSA) is 102 Å². The number of anilines is 1. The van der Waals surface area contributed by atoms with Crippen molar-refractivity contribution < 1.29 is 31.5 Å². The van der Waals surface area contributed by atoms with Gasteiger partial charge in [0.05, 0.1) is 28.2 Å². The van der Waals surface area contributed by atoms with E-state index in [9.17, 15) is 22.0 Å². The van der Waals surface area contributed by atoms with Crippen LogP contribution in [0.1, 0.15) is 34.8 Å². The summed E-state index contributed by atoms with van der Waals surface area (Å²) in [5.41, 5.74) is 1.34. The number of pyridine rings is 1. The number of rotatable bonds is 5. The highest BCUT2D eigenvalue weighted by molar-refractivity contribution is 7.90. The number of benzene rings is 2. The Morgan fingerprint density at radius 2 is 1.84 bits per heavy atom. The molecule has 1 unspecified atom stereocenters. The fourth-order valence-electron chi connectivity index (χ4n) is 4.92. The smallest absolute Gasteiger partial charge is 0.268 e. The van der Waals surface area contributed by atoms with Crippen LogP contribution in [-0.2, 0) is 10.0 Å². The first kappa shape index (κ1) is 24.2. The Morgan fingerprint density at radius 1 is 1.03 bits per heavy atom. The van der Waals surface area contributed by atoms with E-state index in [4.69, 9.17) is 9.47 Å². The predicted octanol–water partition coefficient (Wildman–Crippen LogP) is 3.84. The van der Waals surface area contributed by atoms with Gasteiger partial charge in [0.25, 0.3) is 15.9 Å². The lowest BCUT2D eigenvalue weighted by molar-refractivity contribution is 0.0983. The first-order chi connectivity index (χ1) is 18.3. The number of nitrogens with zero attached hydrogens (tertiary/aromatic N) is 3. The summed E-state index contributed by atoms with van der Waals surface area (Å²) in [6.07, 6.45) is 4.31. The highest BCUT2D eigenvalue weighted by atomic mass is 32.2. The molecule has 2 aromatic heterocycles. The third kappa shape index (κ3) is 4.30. The first-order valence-corrected chi connectivity index (χ1v) is 13.4. The predicted molar refractivity (Wildman–Crippen MR) is 133 cm³/mol. The number of hydrogen-bond acceptors (Lipinski definition) is 7. The zero-order valence-corrected chi connectivity index (χ0v) is 20.7. The Morgan fingerprint density at radius 3 is 2.68 bits per heavy atom. The van der Waals surface area contributed by atoms with Crippen molar-refractivity contribution >= 4 is 27.1 Å². The quantitative estimate of drug-likeness (QED) is 0.410. The number of carbonyl (C=O) groups is 1. The van der Waals surface area contributed by atoms with Gasteiger partial charge in [-0.1, -0.05) is 0 Å². The molecule has 0 spiro atoms. The molecule has 9 nitrogen and oxygen atoms in total. The fourth-order valence-corrected chi connectivity index (χ4v) is 5.90. The van der Waals surface area contributed by atoms with Gasteiger partial charge >= 0.3 is 0 Å². The summed E-state index contributed by atoms with van der Waals surface area (Å²) < 4.78 is 68.8. The molecular formula is C26H22F2N4O5S. The molecular weight excluding hydrogens is 518 g/mol. The number of hydrogen-bond donors (Lipinski definition) is 1. The highest BCUT2D eigenvalue weighted by Gasteiger charge is 2.30. The second kappa shape index (κ2) is 9.28. The van der Waals surface area contributed by atoms with Crippen LogP contribution in [0.25, 0.3) is 5.52 Å². The number of sulfonamides is 1. The second-order valence-electron chi connectivity index (χ2n) is 9.03. The molecule has 0 radical (unpaired) electrons. The molecule has 38 heavy (non-hydrogen) atoms. The molecule has 1 atom stereocenters. The van der Waals surface area contributed by atoms with Crippen LogP contribution in [0.3, 0.4) is 0 Å². The zero-order valence-electron chi connectivity index (χ0n) is 19.9. The van der Waals surface area contributed by atoms with Gasteiger partial charge in [0, 0.05) is 30.1 Å². The molecule has 0 saturated carbocycles. The Hall–Kier alpha value is -4.19. The maximum Gasteiger partial charge on any atom is 0.268 e. The third-order valence-corrected chi connectivity index (χ3v) is 8.03. The SMILES string of the molecule is O=C(NS(=O)(=O)c1ccc2c(c1)OCCO2)c1cnn2ccc(N3CCCC3c3cc(F)ccc3F)cc12. The number of halogens is 2. The second-order valence-corrected chi connectivity index (χ2v) is 10.7. The molecule has 0 aliphatic carbocycles. The van der Waals surface area contributed by atoms with Gasteiger partial charge in [0.1, 0.15) is 24.8 Å². The van der Waals surface area contributed by atoms with Gasteiger partial charge in [-0.05, 0) is 55.3 Å². The molecule has 6 rings (SSSR count). The minimum atomic E-state index is -4.23. The van der Waals surface area contributed by atoms with Crippen molar-refractivity contribution in [3.8, 4) is 11.5 Å². The maximum absolute atomic E-state index is 14.5. The molecule has 0 bridgehead atoms. The normalized spacial score (nSPS) is 17.1. The molecule has 2 aliphatic rings. The summed E-state index contributed by atoms with van der Waals surface area (Å²) >= 11 is 0. The van der Waals surface area contributed by atoms with Gasteiger partial charge in [-0.25, -0.2) is 26.4 Å². The van der Waals surface area contributed by atoms with Crippen molar-refractivity contribution in [3.63, 3.8) is 0 Å². The van der Waals surface area contributed by atoms with Crippen molar-refractivity contribution in [2.24, 2.45) is 0 Å². The number of nitrogens with one attached hydrogen (secondary N) is 1. The third-order valence-electron chi connectivity index (χ3n) is 6.70. The van der Waals surface area contributed by atoms with Gasteiger partial charge in [-0.2, -0.15) is 5.10 Å². The van der Waals surface area contributed by atoms with E-state index >= 15 is 0 Å². The van der Waals surface area contributed by atoms with Crippen LogP contribution in [-0.4, -0.2) is 43.7 Å². The molecule has 1 fully saturated rings. The van der Waals surface area contributed by atoms with E-state index in [-0.39, 0.29) is 34.4 Å². The van der Waals surface area contributed by atoms with E-state index in [1.165, 1.54) is 35.0 Å². The summed E-state index contributed by atoms with van der Waals surface area (Å²) in [5, 5.41) is 4.17. The van der Waals surface area contributed by atoms with Gasteiger partial charge in [-0.15, -0.1) is 0 Å². The van der Waals surface area contributed by atoms with Crippen molar-refractivity contribution in [3.05, 3.63) is 83.7 Å². The van der Waals surface area contributed by atoms with Crippen molar-refractivity contribution in [2.45, 2.75) is 23.8 Å². The molecule has 4 heterocycles. The summed E-state index contributed by atoms with van der Waals surface area (Å²) in [7, 11) is -4.23. The molecule has 4 aromatic rings. The highest BCUT2D eigenvalue weighted by Crippen LogP contribution is 2.38. The van der Waals surface area contributed by atoms with Crippen molar-refractivity contribution in [2.75, 3.05) is 24.7 Å². The number of fused-ring (bicyclic) bond motifs is 2. The largest absolute Gasteiger partial charge is 0.486 e. The van der Waals surface area contributed by atoms with Crippen molar-refractivity contribution in [1.82, 2.24) is 14.3 Å². The van der Waals surface area contributed by atoms with E-state index in [1.54, 1.807) is 18.3 Å². The Kier molecular flexibility index (Phi) is 5.90. The Balaban J connectivity index is 1.29. The van der Waals surface area contributed by atoms with Crippen LogP contribution in [0.2, 0.25) is 0 Å². The lowest BCUT2D eigenvalue weighted by Crippen LogP contribution is -2.30. The molecule has 2 aromatic carbocycles. The van der Waals surface area contributed by atoms with Gasteiger partial charge in [0.15, 0.2) is 11.5 Å². The average molecular weight is 541 g/mol. The van der Waals surface area contributed by atoms with E-state index in [0.717, 1.165) is 18.6 Å². The van der Waals surface area contributed by atoms with Crippen LogP contribution in [0.5, 0.6) is 11.5 Å². The van der Waals surface area contributed by atoms with Crippen LogP contribution >= 0.6 is 0 Å². The molecule has 196 valence electrons. The molecule has 12 heteroatoms. The number of aromatic nitrogens is 2. The van der Waals surface area contributed by atoms with E-state index in [0.29, 0.717) is 36.5 Å². The van der Waals surface area contributed by atoms with Gasteiger partial charge in [0.2, 0.25) is 0 Å². The summed E-state index contributed by atoms with van der Waals surface area (Å²) in [6.45, 7) is 1.25. The standard InChI is InChI=1S/C26H22F2N4O5S/c27-16-3-5-21(28)19(12-16)22-2-1-8-31(22)17-7-9-32-23(13-17)20(15-29-32)26(33)30-38(34,35)18-4-6-24-25(14-18)37-11-10-36-24/h3-7,9,12-15,22H,1-2,8,10-11H2,(H,30,33). The van der Waals surface area contributed by atoms with E-state index in [1.807, 2.05) is 4.90 Å². The summed E-state index contributed by atoms with van der Waals surface area (Å²) in [6, 6.07) is 10.6. The Bertz CT molecular complexity index is 1670. The van der Waals surface area contributed by atoms with Crippen LogP contribution < -0.4 is 19.1 Å². The fraction of sp³-hybridized carbons (Fsp3) is 0.231. The molecule has 1 saturated heterocycles. The lowest BCUT2D eigenvalue weighted by Gasteiger charge is -2.27. The molecule has 1 amide bonds. The maximum atomic E-state index is 14.5. The van der Waals surface area contributed by atoms with Crippen LogP contribution in [0, 0.1) is 11.6 Å². The summed E-state index contributed by atoms with van der Waals surface area (Å²) in [5.74, 6) is -1.16. The monoisotopic (exact) mass is 540 g/mol. The minimum absolute atomic E-state index is 0.0423.